The average Bonchev–Trinajstić information content (AvgIpc) is 3.11. The van der Waals surface area contributed by atoms with Gasteiger partial charge in [-0.25, -0.2) is 14.5 Å². The summed E-state index contributed by atoms with van der Waals surface area (Å²) in [5.41, 5.74) is 7.50. The van der Waals surface area contributed by atoms with Crippen LogP contribution in [0.1, 0.15) is 53.2 Å². The molecule has 0 aliphatic carbocycles. The molecule has 30 heavy (non-hydrogen) atoms. The number of aromatic nitrogens is 3. The molecular formula is C21H23N5O4. The maximum atomic E-state index is 12.8. The van der Waals surface area contributed by atoms with Gasteiger partial charge in [0.1, 0.15) is 0 Å². The SMILES string of the molecule is Cc1cc(C(=O)O[C@@H](C)C(=O)Nc2ccc(C(N)=O)cc2)c2cnn(C(C)C)c2n1. The number of amides is 2. The van der Waals surface area contributed by atoms with Crippen molar-refractivity contribution < 1.29 is 19.1 Å². The number of hydrogen-bond acceptors (Lipinski definition) is 6. The van der Waals surface area contributed by atoms with Crippen LogP contribution in [0.3, 0.4) is 0 Å². The number of anilines is 1. The highest BCUT2D eigenvalue weighted by molar-refractivity contribution is 6.04. The van der Waals surface area contributed by atoms with E-state index in [4.69, 9.17) is 10.5 Å². The average molecular weight is 409 g/mol. The Morgan fingerprint density at radius 3 is 2.40 bits per heavy atom. The molecule has 0 aliphatic heterocycles. The molecule has 0 spiro atoms. The first-order valence-corrected chi connectivity index (χ1v) is 9.44. The van der Waals surface area contributed by atoms with Gasteiger partial charge in [0.2, 0.25) is 5.91 Å². The number of carbonyl (C=O) groups is 3. The Labute approximate surface area is 173 Å². The van der Waals surface area contributed by atoms with Crippen LogP contribution >= 0.6 is 0 Å². The van der Waals surface area contributed by atoms with Crippen LogP contribution in [0.2, 0.25) is 0 Å². The summed E-state index contributed by atoms with van der Waals surface area (Å²) in [6.07, 6.45) is 0.528. The second kappa shape index (κ2) is 8.32. The Kier molecular flexibility index (Phi) is 5.81. The highest BCUT2D eigenvalue weighted by Crippen LogP contribution is 2.22. The topological polar surface area (TPSA) is 129 Å². The van der Waals surface area contributed by atoms with Crippen LogP contribution in [-0.2, 0) is 9.53 Å². The molecule has 0 bridgehead atoms. The molecule has 3 N–H and O–H groups in total. The fraction of sp³-hybridized carbons (Fsp3) is 0.286. The van der Waals surface area contributed by atoms with Gasteiger partial charge in [0.15, 0.2) is 11.8 Å². The maximum absolute atomic E-state index is 12.8. The lowest BCUT2D eigenvalue weighted by Crippen LogP contribution is -2.30. The van der Waals surface area contributed by atoms with E-state index >= 15 is 0 Å². The van der Waals surface area contributed by atoms with Crippen LogP contribution in [0.5, 0.6) is 0 Å². The lowest BCUT2D eigenvalue weighted by molar-refractivity contribution is -0.123. The third-order valence-corrected chi connectivity index (χ3v) is 4.49. The largest absolute Gasteiger partial charge is 0.449 e. The summed E-state index contributed by atoms with van der Waals surface area (Å²) in [6.45, 7) is 7.20. The molecule has 2 amide bonds. The first-order chi connectivity index (χ1) is 14.2. The number of hydrogen-bond donors (Lipinski definition) is 2. The number of primary amides is 1. The van der Waals surface area contributed by atoms with Crippen LogP contribution in [0.4, 0.5) is 5.69 Å². The second-order valence-corrected chi connectivity index (χ2v) is 7.21. The van der Waals surface area contributed by atoms with Gasteiger partial charge in [-0.3, -0.25) is 9.59 Å². The predicted molar refractivity (Wildman–Crippen MR) is 111 cm³/mol. The molecule has 156 valence electrons. The fourth-order valence-electron chi connectivity index (χ4n) is 2.93. The molecule has 2 aromatic heterocycles. The van der Waals surface area contributed by atoms with Crippen molar-refractivity contribution in [3.63, 3.8) is 0 Å². The number of benzene rings is 1. The molecule has 0 radical (unpaired) electrons. The summed E-state index contributed by atoms with van der Waals surface area (Å²) in [4.78, 5) is 40.8. The van der Waals surface area contributed by atoms with Crippen molar-refractivity contribution in [2.24, 2.45) is 5.73 Å². The van der Waals surface area contributed by atoms with Gasteiger partial charge < -0.3 is 15.8 Å². The minimum absolute atomic E-state index is 0.0753. The summed E-state index contributed by atoms with van der Waals surface area (Å²) < 4.78 is 7.10. The molecule has 1 atom stereocenters. The molecule has 2 heterocycles. The third-order valence-electron chi connectivity index (χ3n) is 4.49. The Morgan fingerprint density at radius 1 is 1.13 bits per heavy atom. The molecule has 0 aliphatic rings. The van der Waals surface area contributed by atoms with Crippen molar-refractivity contribution in [2.75, 3.05) is 5.32 Å². The fourth-order valence-corrected chi connectivity index (χ4v) is 2.93. The van der Waals surface area contributed by atoms with Crippen molar-refractivity contribution in [1.29, 1.82) is 0 Å². The third kappa shape index (κ3) is 4.29. The zero-order valence-corrected chi connectivity index (χ0v) is 17.2. The van der Waals surface area contributed by atoms with Gasteiger partial charge in [-0.2, -0.15) is 5.10 Å². The highest BCUT2D eigenvalue weighted by atomic mass is 16.5. The molecule has 9 heteroatoms. The monoisotopic (exact) mass is 409 g/mol. The number of pyridine rings is 1. The molecule has 0 fully saturated rings. The number of nitrogens with zero attached hydrogens (tertiary/aromatic N) is 3. The summed E-state index contributed by atoms with van der Waals surface area (Å²) in [6, 6.07) is 7.77. The predicted octanol–water partition coefficient (Wildman–Crippen LogP) is 2.60. The second-order valence-electron chi connectivity index (χ2n) is 7.21. The number of fused-ring (bicyclic) bond motifs is 1. The standard InChI is InChI=1S/C21H23N5O4/c1-11(2)26-19-17(10-23-26)16(9-12(3)24-19)21(29)30-13(4)20(28)25-15-7-5-14(6-8-15)18(22)27/h5-11,13H,1-4H3,(H2,22,27)(H,25,28)/t13-/m0/s1. The summed E-state index contributed by atoms with van der Waals surface area (Å²) in [5.74, 6) is -1.70. The van der Waals surface area contributed by atoms with E-state index in [1.807, 2.05) is 13.8 Å². The van der Waals surface area contributed by atoms with E-state index in [2.05, 4.69) is 15.4 Å². The molecule has 0 unspecified atom stereocenters. The maximum Gasteiger partial charge on any atom is 0.339 e. The van der Waals surface area contributed by atoms with E-state index in [1.54, 1.807) is 36.0 Å². The van der Waals surface area contributed by atoms with Crippen LogP contribution in [0.25, 0.3) is 11.0 Å². The van der Waals surface area contributed by atoms with Gasteiger partial charge in [-0.1, -0.05) is 0 Å². The Hall–Kier alpha value is -3.75. The van der Waals surface area contributed by atoms with Gasteiger partial charge in [-0.05, 0) is 58.0 Å². The molecule has 0 saturated carbocycles. The van der Waals surface area contributed by atoms with Crippen molar-refractivity contribution in [1.82, 2.24) is 14.8 Å². The number of carbonyl (C=O) groups excluding carboxylic acids is 3. The lowest BCUT2D eigenvalue weighted by Gasteiger charge is -2.14. The van der Waals surface area contributed by atoms with Crippen molar-refractivity contribution in [3.05, 3.63) is 53.3 Å². The van der Waals surface area contributed by atoms with Crippen molar-refractivity contribution in [2.45, 2.75) is 39.8 Å². The number of rotatable bonds is 6. The molecule has 3 aromatic rings. The Balaban J connectivity index is 1.75. The molecular weight excluding hydrogens is 386 g/mol. The van der Waals surface area contributed by atoms with E-state index in [-0.39, 0.29) is 6.04 Å². The van der Waals surface area contributed by atoms with Crippen molar-refractivity contribution in [3.8, 4) is 0 Å². The number of nitrogens with two attached hydrogens (primary N) is 1. The first-order valence-electron chi connectivity index (χ1n) is 9.44. The smallest absolute Gasteiger partial charge is 0.339 e. The number of aryl methyl sites for hydroxylation is 1. The van der Waals surface area contributed by atoms with Gasteiger partial charge in [-0.15, -0.1) is 0 Å². The van der Waals surface area contributed by atoms with E-state index < -0.39 is 23.9 Å². The quantitative estimate of drug-likeness (QED) is 0.602. The minimum Gasteiger partial charge on any atom is -0.449 e. The molecule has 3 rings (SSSR count). The lowest BCUT2D eigenvalue weighted by atomic mass is 10.1. The van der Waals surface area contributed by atoms with Gasteiger partial charge in [0.05, 0.1) is 17.1 Å². The summed E-state index contributed by atoms with van der Waals surface area (Å²) >= 11 is 0. The highest BCUT2D eigenvalue weighted by Gasteiger charge is 2.23. The van der Waals surface area contributed by atoms with Crippen LogP contribution < -0.4 is 11.1 Å². The first kappa shape index (κ1) is 21.0. The Morgan fingerprint density at radius 2 is 1.80 bits per heavy atom. The normalized spacial score (nSPS) is 12.0. The Bertz CT molecular complexity index is 1120. The van der Waals surface area contributed by atoms with Gasteiger partial charge >= 0.3 is 5.97 Å². The zero-order valence-electron chi connectivity index (χ0n) is 17.2. The summed E-state index contributed by atoms with van der Waals surface area (Å²) in [5, 5.41) is 7.50. The zero-order chi connectivity index (χ0) is 22.0. The molecule has 0 saturated heterocycles. The van der Waals surface area contributed by atoms with Crippen LogP contribution in [0, 0.1) is 6.92 Å². The molecule has 1 aromatic carbocycles. The van der Waals surface area contributed by atoms with Crippen LogP contribution in [-0.4, -0.2) is 38.7 Å². The number of esters is 1. The molecule has 9 nitrogen and oxygen atoms in total. The summed E-state index contributed by atoms with van der Waals surface area (Å²) in [7, 11) is 0. The van der Waals surface area contributed by atoms with Crippen molar-refractivity contribution >= 4 is 34.5 Å². The van der Waals surface area contributed by atoms with E-state index in [0.717, 1.165) is 0 Å². The van der Waals surface area contributed by atoms with Gasteiger partial charge in [0.25, 0.3) is 5.91 Å². The van der Waals surface area contributed by atoms with Gasteiger partial charge in [0, 0.05) is 23.0 Å². The van der Waals surface area contributed by atoms with E-state index in [9.17, 15) is 14.4 Å². The van der Waals surface area contributed by atoms with E-state index in [1.165, 1.54) is 19.1 Å². The van der Waals surface area contributed by atoms with E-state index in [0.29, 0.717) is 33.5 Å². The number of nitrogens with one attached hydrogen (secondary N) is 1. The minimum atomic E-state index is -1.04. The number of ether oxygens (including phenoxy) is 1. The van der Waals surface area contributed by atoms with Crippen LogP contribution in [0.15, 0.2) is 36.5 Å².